The fraction of sp³-hybridized carbons (Fsp3) is 0.500. The highest BCUT2D eigenvalue weighted by atomic mass is 19.1. The number of H-pyrrole nitrogens is 1. The number of ether oxygens (including phenoxy) is 1. The second kappa shape index (κ2) is 6.46. The number of hydrogen-bond donors (Lipinski definition) is 1. The zero-order valence-electron chi connectivity index (χ0n) is 14.6. The number of benzene rings is 1. The molecule has 1 aliphatic rings. The molecule has 134 valence electrons. The maximum atomic E-state index is 13.8. The smallest absolute Gasteiger partial charge is 0.314 e. The average molecular weight is 347 g/mol. The van der Waals surface area contributed by atoms with Crippen LogP contribution in [0.4, 0.5) is 4.39 Å². The van der Waals surface area contributed by atoms with Gasteiger partial charge < -0.3 is 14.6 Å². The summed E-state index contributed by atoms with van der Waals surface area (Å²) in [4.78, 5) is 34.0. The van der Waals surface area contributed by atoms with E-state index >= 15 is 0 Å². The lowest BCUT2D eigenvalue weighted by molar-refractivity contribution is -0.157. The zero-order valence-corrected chi connectivity index (χ0v) is 14.6. The van der Waals surface area contributed by atoms with Gasteiger partial charge in [0.2, 0.25) is 0 Å². The van der Waals surface area contributed by atoms with Crippen LogP contribution in [-0.2, 0) is 9.53 Å². The summed E-state index contributed by atoms with van der Waals surface area (Å²) in [7, 11) is 0. The normalized spacial score (nSPS) is 20.4. The van der Waals surface area contributed by atoms with Crippen molar-refractivity contribution < 1.29 is 18.7 Å². The van der Waals surface area contributed by atoms with Crippen molar-refractivity contribution in [1.29, 1.82) is 0 Å². The molecule has 1 amide bonds. The number of hydrogen-bond acceptors (Lipinski definition) is 4. The van der Waals surface area contributed by atoms with E-state index in [4.69, 9.17) is 4.74 Å². The number of nitrogens with zero attached hydrogens (tertiary/aromatic N) is 2. The molecule has 0 unspecified atom stereocenters. The molecule has 1 atom stereocenters. The first kappa shape index (κ1) is 17.4. The monoisotopic (exact) mass is 347 g/mol. The number of aromatic nitrogens is 2. The molecule has 0 aliphatic carbocycles. The van der Waals surface area contributed by atoms with E-state index in [1.807, 2.05) is 13.8 Å². The molecule has 1 N–H and O–H groups in total. The van der Waals surface area contributed by atoms with Crippen molar-refractivity contribution in [3.63, 3.8) is 0 Å². The Hall–Kier alpha value is -2.44. The van der Waals surface area contributed by atoms with Gasteiger partial charge in [-0.1, -0.05) is 13.8 Å². The minimum atomic E-state index is -0.719. The number of nitrogens with one attached hydrogen (secondary N) is 1. The summed E-state index contributed by atoms with van der Waals surface area (Å²) in [5.74, 6) is -1.06. The van der Waals surface area contributed by atoms with Gasteiger partial charge in [0, 0.05) is 13.1 Å². The third-order valence-corrected chi connectivity index (χ3v) is 5.09. The summed E-state index contributed by atoms with van der Waals surface area (Å²) >= 11 is 0. The first-order valence-corrected chi connectivity index (χ1v) is 8.48. The van der Waals surface area contributed by atoms with Crippen molar-refractivity contribution in [3.05, 3.63) is 29.8 Å². The minimum Gasteiger partial charge on any atom is -0.466 e. The highest BCUT2D eigenvalue weighted by Crippen LogP contribution is 2.40. The molecular formula is C18H22FN3O3. The van der Waals surface area contributed by atoms with Gasteiger partial charge in [-0.25, -0.2) is 9.37 Å². The summed E-state index contributed by atoms with van der Waals surface area (Å²) < 4.78 is 19.1. The predicted octanol–water partition coefficient (Wildman–Crippen LogP) is 2.75. The predicted molar refractivity (Wildman–Crippen MR) is 90.5 cm³/mol. The fourth-order valence-corrected chi connectivity index (χ4v) is 3.50. The Kier molecular flexibility index (Phi) is 4.49. The molecule has 0 spiro atoms. The van der Waals surface area contributed by atoms with Gasteiger partial charge in [-0.05, 0) is 31.4 Å². The maximum Gasteiger partial charge on any atom is 0.314 e. The lowest BCUT2D eigenvalue weighted by Gasteiger charge is -2.30. The van der Waals surface area contributed by atoms with Crippen LogP contribution in [0, 0.1) is 17.2 Å². The van der Waals surface area contributed by atoms with Crippen LogP contribution in [0.25, 0.3) is 11.0 Å². The Morgan fingerprint density at radius 2 is 2.20 bits per heavy atom. The summed E-state index contributed by atoms with van der Waals surface area (Å²) in [6, 6.07) is 2.51. The van der Waals surface area contributed by atoms with E-state index in [1.165, 1.54) is 18.5 Å². The molecule has 1 aromatic heterocycles. The molecule has 2 aromatic rings. The largest absolute Gasteiger partial charge is 0.466 e. The van der Waals surface area contributed by atoms with Crippen LogP contribution in [0.5, 0.6) is 0 Å². The third-order valence-electron chi connectivity index (χ3n) is 5.09. The maximum absolute atomic E-state index is 13.8. The topological polar surface area (TPSA) is 75.3 Å². The standard InChI is InChI=1S/C18H22FN3O3/c1-4-25-17(24)18(11(2)3)5-6-22(9-18)16(23)13-7-12(19)8-14-15(13)21-10-20-14/h7-8,10-11H,4-6,9H2,1-3H3,(H,20,21)/t18-/m0/s1. The number of rotatable bonds is 4. The van der Waals surface area contributed by atoms with Crippen LogP contribution in [0.2, 0.25) is 0 Å². The van der Waals surface area contributed by atoms with E-state index in [9.17, 15) is 14.0 Å². The van der Waals surface area contributed by atoms with E-state index in [1.54, 1.807) is 11.8 Å². The molecular weight excluding hydrogens is 325 g/mol. The molecule has 0 saturated carbocycles. The number of carbonyl (C=O) groups is 2. The SMILES string of the molecule is CCOC(=O)[C@@]1(C(C)C)CCN(C(=O)c2cc(F)cc3[nH]cnc23)C1. The van der Waals surface area contributed by atoms with Crippen molar-refractivity contribution in [3.8, 4) is 0 Å². The highest BCUT2D eigenvalue weighted by Gasteiger charge is 2.49. The van der Waals surface area contributed by atoms with Gasteiger partial charge in [0.15, 0.2) is 0 Å². The number of likely N-dealkylation sites (tertiary alicyclic amines) is 1. The number of carbonyl (C=O) groups excluding carboxylic acids is 2. The van der Waals surface area contributed by atoms with Crippen LogP contribution < -0.4 is 0 Å². The van der Waals surface area contributed by atoms with Gasteiger partial charge >= 0.3 is 5.97 Å². The van der Waals surface area contributed by atoms with Crippen LogP contribution >= 0.6 is 0 Å². The Balaban J connectivity index is 1.91. The number of aromatic amines is 1. The van der Waals surface area contributed by atoms with Crippen LogP contribution in [0.3, 0.4) is 0 Å². The minimum absolute atomic E-state index is 0.0299. The first-order valence-electron chi connectivity index (χ1n) is 8.48. The second-order valence-corrected chi connectivity index (χ2v) is 6.76. The molecule has 0 bridgehead atoms. The summed E-state index contributed by atoms with van der Waals surface area (Å²) in [5.41, 5.74) is 0.399. The van der Waals surface area contributed by atoms with Crippen molar-refractivity contribution in [2.75, 3.05) is 19.7 Å². The molecule has 3 rings (SSSR count). The number of fused-ring (bicyclic) bond motifs is 1. The molecule has 25 heavy (non-hydrogen) atoms. The van der Waals surface area contributed by atoms with E-state index in [0.717, 1.165) is 0 Å². The van der Waals surface area contributed by atoms with E-state index < -0.39 is 11.2 Å². The van der Waals surface area contributed by atoms with E-state index in [0.29, 0.717) is 30.6 Å². The Morgan fingerprint density at radius 1 is 1.44 bits per heavy atom. The van der Waals surface area contributed by atoms with Gasteiger partial charge in [0.1, 0.15) is 11.3 Å². The Bertz CT molecular complexity index is 817. The molecule has 7 heteroatoms. The Labute approximate surface area is 145 Å². The van der Waals surface area contributed by atoms with E-state index in [2.05, 4.69) is 9.97 Å². The lowest BCUT2D eigenvalue weighted by Crippen LogP contribution is -2.42. The number of halogens is 1. The number of imidazole rings is 1. The molecule has 1 saturated heterocycles. The number of amides is 1. The molecule has 6 nitrogen and oxygen atoms in total. The molecule has 1 aliphatic heterocycles. The molecule has 0 radical (unpaired) electrons. The molecule has 2 heterocycles. The average Bonchev–Trinajstić information content (AvgIpc) is 3.21. The summed E-state index contributed by atoms with van der Waals surface area (Å²) in [5, 5.41) is 0. The lowest BCUT2D eigenvalue weighted by atomic mass is 9.76. The second-order valence-electron chi connectivity index (χ2n) is 6.76. The molecule has 1 fully saturated rings. The van der Waals surface area contributed by atoms with Crippen LogP contribution in [-0.4, -0.2) is 46.4 Å². The van der Waals surface area contributed by atoms with Crippen molar-refractivity contribution in [2.45, 2.75) is 27.2 Å². The quantitative estimate of drug-likeness (QED) is 0.863. The first-order chi connectivity index (χ1) is 11.9. The molecule has 1 aromatic carbocycles. The van der Waals surface area contributed by atoms with Gasteiger partial charge in [-0.15, -0.1) is 0 Å². The Morgan fingerprint density at radius 3 is 2.88 bits per heavy atom. The van der Waals surface area contributed by atoms with Crippen molar-refractivity contribution >= 4 is 22.9 Å². The zero-order chi connectivity index (χ0) is 18.2. The summed E-state index contributed by atoms with van der Waals surface area (Å²) in [6.07, 6.45) is 1.97. The summed E-state index contributed by atoms with van der Waals surface area (Å²) in [6.45, 7) is 6.69. The van der Waals surface area contributed by atoms with Gasteiger partial charge in [0.05, 0.1) is 29.4 Å². The van der Waals surface area contributed by atoms with Gasteiger partial charge in [-0.3, -0.25) is 9.59 Å². The van der Waals surface area contributed by atoms with Crippen LogP contribution in [0.15, 0.2) is 18.5 Å². The van der Waals surface area contributed by atoms with Crippen molar-refractivity contribution in [1.82, 2.24) is 14.9 Å². The highest BCUT2D eigenvalue weighted by molar-refractivity contribution is 6.05. The van der Waals surface area contributed by atoms with E-state index in [-0.39, 0.29) is 29.9 Å². The van der Waals surface area contributed by atoms with Gasteiger partial charge in [0.25, 0.3) is 5.91 Å². The third kappa shape index (κ3) is 2.88. The van der Waals surface area contributed by atoms with Gasteiger partial charge in [-0.2, -0.15) is 0 Å². The van der Waals surface area contributed by atoms with Crippen molar-refractivity contribution in [2.24, 2.45) is 11.3 Å². The van der Waals surface area contributed by atoms with Crippen LogP contribution in [0.1, 0.15) is 37.6 Å². The fourth-order valence-electron chi connectivity index (χ4n) is 3.50. The number of esters is 1.